The fraction of sp³-hybridized carbons (Fsp3) is 0.600. The Morgan fingerprint density at radius 2 is 1.87 bits per heavy atom. The molecule has 1 heterocycles. The molecule has 0 unspecified atom stereocenters. The Hall–Kier alpha value is -1.36. The second kappa shape index (κ2) is 4.02. The molecule has 15 heavy (non-hydrogen) atoms. The maximum atomic E-state index is 5.39. The Morgan fingerprint density at radius 3 is 2.27 bits per heavy atom. The highest BCUT2D eigenvalue weighted by molar-refractivity contribution is 5.48. The monoisotopic (exact) mass is 210 g/mol. The van der Waals surface area contributed by atoms with E-state index in [4.69, 9.17) is 10.6 Å². The molecule has 0 saturated heterocycles. The number of ether oxygens (including phenoxy) is 1. The third kappa shape index (κ3) is 2.36. The van der Waals surface area contributed by atoms with Gasteiger partial charge in [-0.15, -0.1) is 0 Å². The van der Waals surface area contributed by atoms with Crippen molar-refractivity contribution in [1.29, 1.82) is 0 Å². The van der Waals surface area contributed by atoms with Crippen LogP contribution in [0.1, 0.15) is 32.2 Å². The number of nitrogens with two attached hydrogens (primary N) is 1. The number of methoxy groups -OCH3 is 1. The first kappa shape index (κ1) is 11.7. The van der Waals surface area contributed by atoms with E-state index in [1.165, 1.54) is 0 Å². The molecule has 1 rings (SSSR count). The van der Waals surface area contributed by atoms with Gasteiger partial charge in [0.1, 0.15) is 5.82 Å². The van der Waals surface area contributed by atoms with Gasteiger partial charge in [0.2, 0.25) is 5.88 Å². The first-order valence-electron chi connectivity index (χ1n) is 4.80. The standard InChI is InChI=1S/C10H18N4O/c1-6-7(14-11)12-9(10(2,3)4)13-8(6)15-5/h11H2,1-5H3,(H,12,13,14). The first-order chi connectivity index (χ1) is 6.90. The van der Waals surface area contributed by atoms with Crippen molar-refractivity contribution in [2.24, 2.45) is 5.84 Å². The fourth-order valence-electron chi connectivity index (χ4n) is 1.17. The second-order valence-corrected chi connectivity index (χ2v) is 4.42. The van der Waals surface area contributed by atoms with Crippen LogP contribution in [0.4, 0.5) is 5.82 Å². The molecule has 0 aliphatic heterocycles. The van der Waals surface area contributed by atoms with Crippen LogP contribution < -0.4 is 16.0 Å². The number of anilines is 1. The van der Waals surface area contributed by atoms with Crippen molar-refractivity contribution in [3.8, 4) is 5.88 Å². The van der Waals surface area contributed by atoms with Gasteiger partial charge in [0.15, 0.2) is 5.82 Å². The Kier molecular flexibility index (Phi) is 3.14. The van der Waals surface area contributed by atoms with E-state index < -0.39 is 0 Å². The van der Waals surface area contributed by atoms with Crippen LogP contribution in [0, 0.1) is 6.92 Å². The van der Waals surface area contributed by atoms with Crippen LogP contribution >= 0.6 is 0 Å². The summed E-state index contributed by atoms with van der Waals surface area (Å²) in [6.45, 7) is 7.98. The smallest absolute Gasteiger partial charge is 0.221 e. The van der Waals surface area contributed by atoms with Gasteiger partial charge in [-0.05, 0) is 6.92 Å². The Morgan fingerprint density at radius 1 is 1.27 bits per heavy atom. The van der Waals surface area contributed by atoms with Crippen molar-refractivity contribution in [2.45, 2.75) is 33.1 Å². The van der Waals surface area contributed by atoms with Gasteiger partial charge in [0.25, 0.3) is 0 Å². The second-order valence-electron chi connectivity index (χ2n) is 4.42. The molecule has 0 amide bonds. The van der Waals surface area contributed by atoms with Crippen LogP contribution in [0.5, 0.6) is 5.88 Å². The molecule has 0 saturated carbocycles. The molecule has 0 bridgehead atoms. The maximum absolute atomic E-state index is 5.39. The van der Waals surface area contributed by atoms with Crippen LogP contribution in [0.2, 0.25) is 0 Å². The van der Waals surface area contributed by atoms with E-state index in [1.54, 1.807) is 7.11 Å². The summed E-state index contributed by atoms with van der Waals surface area (Å²) in [5.41, 5.74) is 3.23. The third-order valence-electron chi connectivity index (χ3n) is 2.10. The van der Waals surface area contributed by atoms with Gasteiger partial charge in [0, 0.05) is 5.41 Å². The molecule has 0 aliphatic rings. The summed E-state index contributed by atoms with van der Waals surface area (Å²) in [5, 5.41) is 0. The summed E-state index contributed by atoms with van der Waals surface area (Å²) in [7, 11) is 1.59. The normalized spacial score (nSPS) is 11.3. The zero-order valence-corrected chi connectivity index (χ0v) is 9.88. The summed E-state index contributed by atoms with van der Waals surface area (Å²) in [6, 6.07) is 0. The van der Waals surface area contributed by atoms with Gasteiger partial charge < -0.3 is 10.2 Å². The SMILES string of the molecule is COc1nc(C(C)(C)C)nc(NN)c1C. The molecule has 0 radical (unpaired) electrons. The summed E-state index contributed by atoms with van der Waals surface area (Å²) in [6.07, 6.45) is 0. The summed E-state index contributed by atoms with van der Waals surface area (Å²) in [4.78, 5) is 8.69. The Labute approximate surface area is 90.0 Å². The van der Waals surface area contributed by atoms with E-state index in [0.29, 0.717) is 17.5 Å². The van der Waals surface area contributed by atoms with Gasteiger partial charge >= 0.3 is 0 Å². The molecule has 0 spiro atoms. The minimum Gasteiger partial charge on any atom is -0.481 e. The molecule has 1 aromatic rings. The van der Waals surface area contributed by atoms with E-state index in [2.05, 4.69) is 15.4 Å². The summed E-state index contributed by atoms with van der Waals surface area (Å²) in [5.74, 6) is 7.26. The predicted molar refractivity (Wildman–Crippen MR) is 59.8 cm³/mol. The molecule has 1 aromatic heterocycles. The van der Waals surface area contributed by atoms with E-state index >= 15 is 0 Å². The van der Waals surface area contributed by atoms with Crippen LogP contribution in [0.3, 0.4) is 0 Å². The Bertz CT molecular complexity index is 332. The van der Waals surface area contributed by atoms with Gasteiger partial charge in [-0.1, -0.05) is 20.8 Å². The predicted octanol–water partition coefficient (Wildman–Crippen LogP) is 1.38. The quantitative estimate of drug-likeness (QED) is 0.570. The molecule has 5 heteroatoms. The average Bonchev–Trinajstić information content (AvgIpc) is 2.16. The molecule has 3 N–H and O–H groups in total. The lowest BCUT2D eigenvalue weighted by molar-refractivity contribution is 0.386. The lowest BCUT2D eigenvalue weighted by Crippen LogP contribution is -2.20. The molecule has 0 aromatic carbocycles. The average molecular weight is 210 g/mol. The lowest BCUT2D eigenvalue weighted by atomic mass is 9.95. The van der Waals surface area contributed by atoms with Gasteiger partial charge in [-0.3, -0.25) is 0 Å². The molecule has 0 fully saturated rings. The van der Waals surface area contributed by atoms with Gasteiger partial charge in [-0.2, -0.15) is 4.98 Å². The molecule has 5 nitrogen and oxygen atoms in total. The largest absolute Gasteiger partial charge is 0.481 e. The van der Waals surface area contributed by atoms with Crippen molar-refractivity contribution in [2.75, 3.05) is 12.5 Å². The lowest BCUT2D eigenvalue weighted by Gasteiger charge is -2.19. The van der Waals surface area contributed by atoms with Crippen molar-refractivity contribution in [1.82, 2.24) is 9.97 Å². The van der Waals surface area contributed by atoms with Crippen LogP contribution in [-0.2, 0) is 5.41 Å². The number of hydrogen-bond donors (Lipinski definition) is 2. The van der Waals surface area contributed by atoms with Crippen molar-refractivity contribution in [3.05, 3.63) is 11.4 Å². The zero-order valence-electron chi connectivity index (χ0n) is 9.88. The maximum Gasteiger partial charge on any atom is 0.221 e. The van der Waals surface area contributed by atoms with Crippen molar-refractivity contribution < 1.29 is 4.74 Å². The number of rotatable bonds is 2. The van der Waals surface area contributed by atoms with Crippen LogP contribution in [0.25, 0.3) is 0 Å². The van der Waals surface area contributed by atoms with E-state index in [0.717, 1.165) is 5.56 Å². The highest BCUT2D eigenvalue weighted by Crippen LogP contribution is 2.26. The minimum absolute atomic E-state index is 0.132. The first-order valence-corrected chi connectivity index (χ1v) is 4.80. The zero-order chi connectivity index (χ0) is 11.6. The summed E-state index contributed by atoms with van der Waals surface area (Å²) < 4.78 is 5.18. The number of nitrogen functional groups attached to an aromatic ring is 1. The fourth-order valence-corrected chi connectivity index (χ4v) is 1.17. The number of nitrogens with one attached hydrogen (secondary N) is 1. The summed E-state index contributed by atoms with van der Waals surface area (Å²) >= 11 is 0. The Balaban J connectivity index is 3.33. The highest BCUT2D eigenvalue weighted by Gasteiger charge is 2.21. The van der Waals surface area contributed by atoms with Crippen molar-refractivity contribution >= 4 is 5.82 Å². The molecule has 0 aliphatic carbocycles. The van der Waals surface area contributed by atoms with Crippen LogP contribution in [0.15, 0.2) is 0 Å². The van der Waals surface area contributed by atoms with E-state index in [-0.39, 0.29) is 5.41 Å². The molecular formula is C10H18N4O. The molecule has 84 valence electrons. The molecule has 0 atom stereocenters. The molecular weight excluding hydrogens is 192 g/mol. The van der Waals surface area contributed by atoms with E-state index in [9.17, 15) is 0 Å². The number of nitrogens with zero attached hydrogens (tertiary/aromatic N) is 2. The topological polar surface area (TPSA) is 73.1 Å². The number of hydrazine groups is 1. The van der Waals surface area contributed by atoms with Crippen LogP contribution in [-0.4, -0.2) is 17.1 Å². The highest BCUT2D eigenvalue weighted by atomic mass is 16.5. The number of aromatic nitrogens is 2. The third-order valence-corrected chi connectivity index (χ3v) is 2.10. The van der Waals surface area contributed by atoms with E-state index in [1.807, 2.05) is 27.7 Å². The van der Waals surface area contributed by atoms with Gasteiger partial charge in [0.05, 0.1) is 12.7 Å². The van der Waals surface area contributed by atoms with Crippen molar-refractivity contribution in [3.63, 3.8) is 0 Å². The minimum atomic E-state index is -0.132. The van der Waals surface area contributed by atoms with Gasteiger partial charge in [-0.25, -0.2) is 10.8 Å². The number of hydrogen-bond acceptors (Lipinski definition) is 5.